The Morgan fingerprint density at radius 2 is 2.05 bits per heavy atom. The van der Waals surface area contributed by atoms with E-state index < -0.39 is 0 Å². The zero-order valence-electron chi connectivity index (χ0n) is 12.0. The van der Waals surface area contributed by atoms with Crippen molar-refractivity contribution in [3.05, 3.63) is 45.6 Å². The van der Waals surface area contributed by atoms with Crippen molar-refractivity contribution in [3.63, 3.8) is 0 Å². The van der Waals surface area contributed by atoms with Crippen LogP contribution in [0, 0.1) is 6.92 Å². The second kappa shape index (κ2) is 5.40. The Hall–Kier alpha value is -1.62. The third kappa shape index (κ3) is 3.10. The predicted octanol–water partition coefficient (Wildman–Crippen LogP) is 4.30. The van der Waals surface area contributed by atoms with E-state index in [1.165, 1.54) is 0 Å². The van der Waals surface area contributed by atoms with Crippen LogP contribution in [0.4, 0.5) is 5.88 Å². The minimum Gasteiger partial charge on any atom is -0.338 e. The van der Waals surface area contributed by atoms with Crippen LogP contribution >= 0.6 is 15.9 Å². The van der Waals surface area contributed by atoms with E-state index in [9.17, 15) is 4.79 Å². The van der Waals surface area contributed by atoms with Gasteiger partial charge in [0.1, 0.15) is 0 Å². The minimum absolute atomic E-state index is 0.113. The summed E-state index contributed by atoms with van der Waals surface area (Å²) in [4.78, 5) is 12.2. The average Bonchev–Trinajstić information content (AvgIpc) is 2.81. The van der Waals surface area contributed by atoms with Crippen molar-refractivity contribution < 1.29 is 9.32 Å². The average molecular weight is 337 g/mol. The normalized spacial score (nSPS) is 11.4. The zero-order valence-corrected chi connectivity index (χ0v) is 13.5. The summed E-state index contributed by atoms with van der Waals surface area (Å²) < 4.78 is 6.06. The molecule has 0 aliphatic heterocycles. The first-order valence-electron chi connectivity index (χ1n) is 6.32. The largest absolute Gasteiger partial charge is 0.338 e. The van der Waals surface area contributed by atoms with Crippen molar-refractivity contribution in [2.24, 2.45) is 0 Å². The SMILES string of the molecule is Cc1c(Br)cccc1C(=O)Nc1cc(C(C)(C)C)no1. The van der Waals surface area contributed by atoms with E-state index in [1.807, 2.05) is 39.8 Å². The van der Waals surface area contributed by atoms with Crippen LogP contribution in [0.2, 0.25) is 0 Å². The molecule has 5 heteroatoms. The molecule has 0 aliphatic carbocycles. The standard InChI is InChI=1S/C15H17BrN2O2/c1-9-10(6-5-7-11(9)16)14(19)17-13-8-12(18-20-13)15(2,3)4/h5-8H,1-4H3,(H,17,19). The van der Waals surface area contributed by atoms with Crippen LogP contribution in [-0.2, 0) is 5.41 Å². The van der Waals surface area contributed by atoms with Crippen LogP contribution in [0.5, 0.6) is 0 Å². The van der Waals surface area contributed by atoms with E-state index in [4.69, 9.17) is 4.52 Å². The number of aromatic nitrogens is 1. The minimum atomic E-state index is -0.208. The first-order chi connectivity index (χ1) is 9.29. The highest BCUT2D eigenvalue weighted by molar-refractivity contribution is 9.10. The van der Waals surface area contributed by atoms with Gasteiger partial charge in [0.15, 0.2) is 0 Å². The molecule has 1 heterocycles. The number of amides is 1. The van der Waals surface area contributed by atoms with Gasteiger partial charge in [0.2, 0.25) is 5.88 Å². The number of nitrogens with zero attached hydrogens (tertiary/aromatic N) is 1. The second-order valence-corrected chi connectivity index (χ2v) is 6.55. The van der Waals surface area contributed by atoms with Gasteiger partial charge in [0.25, 0.3) is 5.91 Å². The van der Waals surface area contributed by atoms with E-state index in [-0.39, 0.29) is 11.3 Å². The highest BCUT2D eigenvalue weighted by Gasteiger charge is 2.20. The van der Waals surface area contributed by atoms with Crippen LogP contribution in [-0.4, -0.2) is 11.1 Å². The number of halogens is 1. The highest BCUT2D eigenvalue weighted by atomic mass is 79.9. The number of benzene rings is 1. The molecule has 2 aromatic rings. The summed E-state index contributed by atoms with van der Waals surface area (Å²) in [5.74, 6) is 0.153. The maximum Gasteiger partial charge on any atom is 0.258 e. The molecule has 1 aromatic carbocycles. The molecule has 0 radical (unpaired) electrons. The Labute approximate surface area is 126 Å². The summed E-state index contributed by atoms with van der Waals surface area (Å²) in [5.41, 5.74) is 2.19. The fourth-order valence-corrected chi connectivity index (χ4v) is 2.09. The van der Waals surface area contributed by atoms with Gasteiger partial charge in [-0.2, -0.15) is 0 Å². The molecule has 0 spiro atoms. The lowest BCUT2D eigenvalue weighted by atomic mass is 9.92. The third-order valence-electron chi connectivity index (χ3n) is 3.03. The Kier molecular flexibility index (Phi) is 3.99. The van der Waals surface area contributed by atoms with Gasteiger partial charge in [-0.25, -0.2) is 0 Å². The van der Waals surface area contributed by atoms with Crippen LogP contribution in [0.1, 0.15) is 42.4 Å². The van der Waals surface area contributed by atoms with E-state index >= 15 is 0 Å². The van der Waals surface area contributed by atoms with Crippen molar-refractivity contribution in [1.82, 2.24) is 5.16 Å². The summed E-state index contributed by atoms with van der Waals surface area (Å²) in [5, 5.41) is 6.70. The molecular weight excluding hydrogens is 320 g/mol. The smallest absolute Gasteiger partial charge is 0.258 e. The fraction of sp³-hybridized carbons (Fsp3) is 0.333. The summed E-state index contributed by atoms with van der Waals surface area (Å²) >= 11 is 3.41. The molecule has 0 bridgehead atoms. The molecule has 106 valence electrons. The van der Waals surface area contributed by atoms with Gasteiger partial charge in [-0.15, -0.1) is 0 Å². The molecule has 0 unspecified atom stereocenters. The van der Waals surface area contributed by atoms with Gasteiger partial charge < -0.3 is 4.52 Å². The Bertz CT molecular complexity index is 642. The summed E-state index contributed by atoms with van der Waals surface area (Å²) in [7, 11) is 0. The van der Waals surface area contributed by atoms with Crippen LogP contribution in [0.25, 0.3) is 0 Å². The van der Waals surface area contributed by atoms with Gasteiger partial charge in [-0.1, -0.05) is 47.9 Å². The lowest BCUT2D eigenvalue weighted by molar-refractivity contribution is 0.102. The molecule has 0 aliphatic rings. The number of hydrogen-bond donors (Lipinski definition) is 1. The van der Waals surface area contributed by atoms with Crippen LogP contribution in [0.15, 0.2) is 33.3 Å². The monoisotopic (exact) mass is 336 g/mol. The molecule has 4 nitrogen and oxygen atoms in total. The van der Waals surface area contributed by atoms with E-state index in [2.05, 4.69) is 26.4 Å². The first-order valence-corrected chi connectivity index (χ1v) is 7.12. The lowest BCUT2D eigenvalue weighted by Crippen LogP contribution is -2.13. The number of rotatable bonds is 2. The van der Waals surface area contributed by atoms with Gasteiger partial charge in [0, 0.05) is 21.5 Å². The number of carbonyl (C=O) groups is 1. The van der Waals surface area contributed by atoms with E-state index in [0.717, 1.165) is 15.7 Å². The van der Waals surface area contributed by atoms with Crippen molar-refractivity contribution >= 4 is 27.7 Å². The molecular formula is C15H17BrN2O2. The molecule has 0 atom stereocenters. The molecule has 0 fully saturated rings. The molecule has 0 saturated carbocycles. The highest BCUT2D eigenvalue weighted by Crippen LogP contribution is 2.25. The Morgan fingerprint density at radius 3 is 2.65 bits per heavy atom. The van der Waals surface area contributed by atoms with Crippen LogP contribution in [0.3, 0.4) is 0 Å². The lowest BCUT2D eigenvalue weighted by Gasteiger charge is -2.12. The fourth-order valence-electron chi connectivity index (χ4n) is 1.72. The van der Waals surface area contributed by atoms with Gasteiger partial charge >= 0.3 is 0 Å². The maximum absolute atomic E-state index is 12.2. The molecule has 1 N–H and O–H groups in total. The summed E-state index contributed by atoms with van der Waals surface area (Å²) in [6, 6.07) is 7.26. The maximum atomic E-state index is 12.2. The van der Waals surface area contributed by atoms with E-state index in [0.29, 0.717) is 11.4 Å². The van der Waals surface area contributed by atoms with E-state index in [1.54, 1.807) is 12.1 Å². The number of carbonyl (C=O) groups excluding carboxylic acids is 1. The topological polar surface area (TPSA) is 55.1 Å². The van der Waals surface area contributed by atoms with Crippen molar-refractivity contribution in [2.75, 3.05) is 5.32 Å². The molecule has 1 amide bonds. The third-order valence-corrected chi connectivity index (χ3v) is 3.89. The molecule has 1 aromatic heterocycles. The Balaban J connectivity index is 2.20. The zero-order chi connectivity index (χ0) is 14.9. The summed E-state index contributed by atoms with van der Waals surface area (Å²) in [6.07, 6.45) is 0. The Morgan fingerprint density at radius 1 is 1.35 bits per heavy atom. The predicted molar refractivity (Wildman–Crippen MR) is 82.0 cm³/mol. The van der Waals surface area contributed by atoms with Crippen molar-refractivity contribution in [3.8, 4) is 0 Å². The van der Waals surface area contributed by atoms with Crippen molar-refractivity contribution in [2.45, 2.75) is 33.1 Å². The molecule has 0 saturated heterocycles. The quantitative estimate of drug-likeness (QED) is 0.889. The summed E-state index contributed by atoms with van der Waals surface area (Å²) in [6.45, 7) is 8.00. The van der Waals surface area contributed by atoms with Gasteiger partial charge in [-0.05, 0) is 24.6 Å². The number of anilines is 1. The van der Waals surface area contributed by atoms with Gasteiger partial charge in [-0.3, -0.25) is 10.1 Å². The number of hydrogen-bond acceptors (Lipinski definition) is 3. The second-order valence-electron chi connectivity index (χ2n) is 5.69. The van der Waals surface area contributed by atoms with Gasteiger partial charge in [0.05, 0.1) is 5.69 Å². The van der Waals surface area contributed by atoms with Crippen molar-refractivity contribution in [1.29, 1.82) is 0 Å². The number of nitrogens with one attached hydrogen (secondary N) is 1. The van der Waals surface area contributed by atoms with Crippen LogP contribution < -0.4 is 5.32 Å². The first kappa shape index (κ1) is 14.8. The molecule has 2 rings (SSSR count). The molecule has 20 heavy (non-hydrogen) atoms.